The van der Waals surface area contributed by atoms with Crippen LogP contribution >= 0.6 is 11.3 Å². The van der Waals surface area contributed by atoms with Crippen LogP contribution in [0, 0.1) is 11.8 Å². The molecule has 5 heteroatoms. The summed E-state index contributed by atoms with van der Waals surface area (Å²) in [5.41, 5.74) is 5.23. The van der Waals surface area contributed by atoms with Crippen LogP contribution in [0.1, 0.15) is 18.2 Å². The molecular weight excluding hydrogens is 198 g/mol. The van der Waals surface area contributed by atoms with Gasteiger partial charge in [-0.1, -0.05) is 30.1 Å². The van der Waals surface area contributed by atoms with E-state index in [9.17, 15) is 4.79 Å². The van der Waals surface area contributed by atoms with Crippen LogP contribution in [0.5, 0.6) is 0 Å². The molecule has 1 aromatic heterocycles. The number of amides is 1. The van der Waals surface area contributed by atoms with Gasteiger partial charge in [-0.3, -0.25) is 4.79 Å². The van der Waals surface area contributed by atoms with E-state index in [0.29, 0.717) is 18.1 Å². The molecule has 1 aromatic rings. The van der Waals surface area contributed by atoms with Crippen LogP contribution in [0.25, 0.3) is 0 Å². The lowest BCUT2D eigenvalue weighted by atomic mass is 10.5. The maximum absolute atomic E-state index is 11.0. The van der Waals surface area contributed by atoms with Crippen LogP contribution in [0.2, 0.25) is 0 Å². The number of rotatable bonds is 2. The first-order chi connectivity index (χ1) is 6.76. The van der Waals surface area contributed by atoms with E-state index in [2.05, 4.69) is 22.1 Å². The van der Waals surface area contributed by atoms with E-state index >= 15 is 0 Å². The number of carbonyl (C=O) groups is 1. The Morgan fingerprint density at radius 3 is 3.21 bits per heavy atom. The minimum Gasteiger partial charge on any atom is -0.320 e. The fourth-order valence-electron chi connectivity index (χ4n) is 0.735. The highest BCUT2D eigenvalue weighted by Gasteiger charge is 2.02. The van der Waals surface area contributed by atoms with Crippen molar-refractivity contribution < 1.29 is 4.79 Å². The molecule has 0 atom stereocenters. The zero-order valence-electron chi connectivity index (χ0n) is 7.83. The van der Waals surface area contributed by atoms with Gasteiger partial charge in [0, 0.05) is 6.42 Å². The minimum atomic E-state index is -0.0438. The molecule has 0 bridgehead atoms. The van der Waals surface area contributed by atoms with Crippen LogP contribution in [-0.4, -0.2) is 17.4 Å². The number of thiazole rings is 1. The third-order valence-electron chi connectivity index (χ3n) is 1.39. The molecule has 0 spiro atoms. The largest absolute Gasteiger partial charge is 0.320 e. The average Bonchev–Trinajstić information content (AvgIpc) is 2.62. The summed E-state index contributed by atoms with van der Waals surface area (Å²) in [4.78, 5) is 15.8. The molecule has 1 amide bonds. The Morgan fingerprint density at radius 2 is 2.57 bits per heavy atom. The number of hydrogen-bond acceptors (Lipinski definition) is 4. The molecule has 0 aliphatic carbocycles. The molecule has 3 N–H and O–H groups in total. The van der Waals surface area contributed by atoms with Gasteiger partial charge in [-0.25, -0.2) is 4.98 Å². The lowest BCUT2D eigenvalue weighted by Crippen LogP contribution is -2.08. The van der Waals surface area contributed by atoms with Crippen LogP contribution < -0.4 is 11.1 Å². The van der Waals surface area contributed by atoms with Crippen LogP contribution in [0.3, 0.4) is 0 Å². The molecule has 14 heavy (non-hydrogen) atoms. The molecule has 4 nitrogen and oxygen atoms in total. The third kappa shape index (κ3) is 3.17. The predicted octanol–water partition coefficient (Wildman–Crippen LogP) is 0.802. The summed E-state index contributed by atoms with van der Waals surface area (Å²) in [5.74, 6) is 5.52. The fraction of sp³-hybridized carbons (Fsp3) is 0.333. The van der Waals surface area contributed by atoms with Gasteiger partial charge in [-0.05, 0) is 0 Å². The first-order valence-electron chi connectivity index (χ1n) is 4.21. The first kappa shape index (κ1) is 10.7. The van der Waals surface area contributed by atoms with Crippen molar-refractivity contribution in [2.45, 2.75) is 13.3 Å². The normalized spacial score (nSPS) is 9.00. The van der Waals surface area contributed by atoms with Crippen molar-refractivity contribution in [1.82, 2.24) is 4.98 Å². The van der Waals surface area contributed by atoms with Gasteiger partial charge in [0.1, 0.15) is 0 Å². The van der Waals surface area contributed by atoms with Crippen LogP contribution in [0.15, 0.2) is 6.20 Å². The molecular formula is C9H11N3OS. The Morgan fingerprint density at radius 1 is 1.79 bits per heavy atom. The van der Waals surface area contributed by atoms with Crippen LogP contribution in [0.4, 0.5) is 5.13 Å². The highest BCUT2D eigenvalue weighted by atomic mass is 32.1. The summed E-state index contributed by atoms with van der Waals surface area (Å²) < 4.78 is 0. The first-order valence-corrected chi connectivity index (χ1v) is 5.02. The van der Waals surface area contributed by atoms with Gasteiger partial charge >= 0.3 is 0 Å². The summed E-state index contributed by atoms with van der Waals surface area (Å²) in [6.45, 7) is 2.12. The van der Waals surface area contributed by atoms with Gasteiger partial charge < -0.3 is 11.1 Å². The van der Waals surface area contributed by atoms with Gasteiger partial charge in [-0.15, -0.1) is 0 Å². The van der Waals surface area contributed by atoms with E-state index in [1.165, 1.54) is 11.3 Å². The minimum absolute atomic E-state index is 0.0438. The Bertz CT molecular complexity index is 375. The number of nitrogens with zero attached hydrogens (tertiary/aromatic N) is 1. The van der Waals surface area contributed by atoms with E-state index in [4.69, 9.17) is 5.73 Å². The monoisotopic (exact) mass is 209 g/mol. The molecule has 0 aliphatic heterocycles. The summed E-state index contributed by atoms with van der Waals surface area (Å²) in [6.07, 6.45) is 2.07. The van der Waals surface area contributed by atoms with E-state index in [0.717, 1.165) is 4.88 Å². The smallest absolute Gasteiger partial charge is 0.225 e. The number of aromatic nitrogens is 1. The third-order valence-corrected chi connectivity index (χ3v) is 2.22. The summed E-state index contributed by atoms with van der Waals surface area (Å²) in [6, 6.07) is 0. The van der Waals surface area contributed by atoms with Crippen molar-refractivity contribution in [2.24, 2.45) is 5.73 Å². The van der Waals surface area contributed by atoms with Crippen molar-refractivity contribution >= 4 is 22.4 Å². The van der Waals surface area contributed by atoms with Crippen LogP contribution in [-0.2, 0) is 4.79 Å². The predicted molar refractivity (Wildman–Crippen MR) is 57.0 cm³/mol. The zero-order valence-corrected chi connectivity index (χ0v) is 8.65. The number of carbonyl (C=O) groups excluding carboxylic acids is 1. The van der Waals surface area contributed by atoms with E-state index < -0.39 is 0 Å². The molecule has 0 radical (unpaired) electrons. The molecule has 0 aromatic carbocycles. The molecule has 0 unspecified atom stereocenters. The Labute approximate surface area is 86.5 Å². The second-order valence-electron chi connectivity index (χ2n) is 2.44. The Kier molecular flexibility index (Phi) is 4.11. The highest BCUT2D eigenvalue weighted by molar-refractivity contribution is 7.16. The summed E-state index contributed by atoms with van der Waals surface area (Å²) in [5, 5.41) is 3.24. The lowest BCUT2D eigenvalue weighted by molar-refractivity contribution is -0.115. The zero-order chi connectivity index (χ0) is 10.4. The molecule has 0 saturated carbocycles. The lowest BCUT2D eigenvalue weighted by Gasteiger charge is -1.95. The SMILES string of the molecule is CCC(=O)Nc1ncc(C#CCN)s1. The van der Waals surface area contributed by atoms with Crippen molar-refractivity contribution in [3.8, 4) is 11.8 Å². The Hall–Kier alpha value is -1.38. The van der Waals surface area contributed by atoms with Crippen molar-refractivity contribution in [2.75, 3.05) is 11.9 Å². The molecule has 0 fully saturated rings. The van der Waals surface area contributed by atoms with E-state index in [1.807, 2.05) is 0 Å². The molecule has 74 valence electrons. The maximum atomic E-state index is 11.0. The number of anilines is 1. The summed E-state index contributed by atoms with van der Waals surface area (Å²) >= 11 is 1.34. The van der Waals surface area contributed by atoms with Crippen molar-refractivity contribution in [3.63, 3.8) is 0 Å². The number of nitrogens with two attached hydrogens (primary N) is 1. The van der Waals surface area contributed by atoms with Gasteiger partial charge in [-0.2, -0.15) is 0 Å². The molecule has 1 rings (SSSR count). The van der Waals surface area contributed by atoms with E-state index in [-0.39, 0.29) is 5.91 Å². The van der Waals surface area contributed by atoms with E-state index in [1.54, 1.807) is 13.1 Å². The van der Waals surface area contributed by atoms with Gasteiger partial charge in [0.25, 0.3) is 0 Å². The standard InChI is InChI=1S/C9H11N3OS/c1-2-8(13)12-9-11-6-7(14-9)4-3-5-10/h6H,2,5,10H2,1H3,(H,11,12,13). The highest BCUT2D eigenvalue weighted by Crippen LogP contribution is 2.16. The fourth-order valence-corrected chi connectivity index (χ4v) is 1.44. The molecule has 0 aliphatic rings. The van der Waals surface area contributed by atoms with Crippen molar-refractivity contribution in [3.05, 3.63) is 11.1 Å². The van der Waals surface area contributed by atoms with Gasteiger partial charge in [0.2, 0.25) is 5.91 Å². The topological polar surface area (TPSA) is 68.0 Å². The quantitative estimate of drug-likeness (QED) is 0.708. The summed E-state index contributed by atoms with van der Waals surface area (Å²) in [7, 11) is 0. The average molecular weight is 209 g/mol. The number of nitrogens with one attached hydrogen (secondary N) is 1. The Balaban J connectivity index is 2.64. The van der Waals surface area contributed by atoms with Gasteiger partial charge in [0.15, 0.2) is 5.13 Å². The van der Waals surface area contributed by atoms with Gasteiger partial charge in [0.05, 0.1) is 17.6 Å². The second-order valence-corrected chi connectivity index (χ2v) is 3.47. The van der Waals surface area contributed by atoms with Crippen molar-refractivity contribution in [1.29, 1.82) is 0 Å². The molecule has 0 saturated heterocycles. The number of hydrogen-bond donors (Lipinski definition) is 2. The molecule has 1 heterocycles. The maximum Gasteiger partial charge on any atom is 0.225 e. The second kappa shape index (κ2) is 5.37.